The van der Waals surface area contributed by atoms with E-state index in [-0.39, 0.29) is 0 Å². The van der Waals surface area contributed by atoms with Crippen LogP contribution in [0.15, 0.2) is 28.6 Å². The summed E-state index contributed by atoms with van der Waals surface area (Å²) in [4.78, 5) is 13.4. The van der Waals surface area contributed by atoms with Crippen molar-refractivity contribution in [1.29, 1.82) is 0 Å². The number of rotatable bonds is 7. The van der Waals surface area contributed by atoms with Gasteiger partial charge in [0.15, 0.2) is 11.1 Å². The summed E-state index contributed by atoms with van der Waals surface area (Å²) in [5.74, 6) is 2.44. The molecule has 164 valence electrons. The summed E-state index contributed by atoms with van der Waals surface area (Å²) >= 11 is 1.65. The molecule has 0 atom stereocenters. The van der Waals surface area contributed by atoms with Crippen molar-refractivity contribution in [3.63, 3.8) is 0 Å². The predicted octanol–water partition coefficient (Wildman–Crippen LogP) is 2.56. The molecule has 0 amide bonds. The molecule has 1 aliphatic rings. The Kier molecular flexibility index (Phi) is 7.62. The van der Waals surface area contributed by atoms with Gasteiger partial charge in [-0.2, -0.15) is 0 Å². The van der Waals surface area contributed by atoms with Gasteiger partial charge in [-0.1, -0.05) is 0 Å². The molecule has 3 rings (SSSR count). The molecule has 0 aliphatic carbocycles. The third kappa shape index (κ3) is 5.69. The average molecular weight is 433 g/mol. The fraction of sp³-hybridized carbons (Fsp3) is 0.524. The summed E-state index contributed by atoms with van der Waals surface area (Å²) in [6.45, 7) is 2.58. The number of aliphatic imine (C=N–C) groups is 1. The number of anilines is 2. The molecule has 8 nitrogen and oxygen atoms in total. The third-order valence-corrected chi connectivity index (χ3v) is 6.18. The van der Waals surface area contributed by atoms with E-state index in [1.165, 1.54) is 0 Å². The minimum Gasteiger partial charge on any atom is -0.497 e. The number of benzene rings is 1. The van der Waals surface area contributed by atoms with Crippen molar-refractivity contribution in [3.05, 3.63) is 29.3 Å². The first-order valence-electron chi connectivity index (χ1n) is 10.1. The quantitative estimate of drug-likeness (QED) is 0.514. The molecule has 1 aromatic carbocycles. The van der Waals surface area contributed by atoms with Gasteiger partial charge in [0.1, 0.15) is 11.5 Å². The van der Waals surface area contributed by atoms with Crippen LogP contribution in [-0.2, 0) is 6.54 Å². The van der Waals surface area contributed by atoms with Gasteiger partial charge in [-0.3, -0.25) is 4.99 Å². The number of guanidine groups is 1. The number of nitrogens with zero attached hydrogens (tertiary/aromatic N) is 4. The van der Waals surface area contributed by atoms with Gasteiger partial charge in [0.05, 0.1) is 26.5 Å². The fourth-order valence-electron chi connectivity index (χ4n) is 3.40. The summed E-state index contributed by atoms with van der Waals surface area (Å²) in [6.07, 6.45) is 2.06. The molecule has 2 heterocycles. The SMILES string of the molecule is CN=C(NCc1csc(N(C)C)n1)NC1CCN(c2cc(OC)cc(OC)c2)CC1. The standard InChI is InChI=1S/C21H32N6O2S/c1-22-20(23-13-16-14-30-21(25-16)26(2)3)24-15-6-8-27(9-7-15)17-10-18(28-4)12-19(11-17)29-5/h10-12,14-15H,6-9,13H2,1-5H3,(H2,22,23,24). The maximum absolute atomic E-state index is 5.40. The number of nitrogens with one attached hydrogen (secondary N) is 2. The zero-order valence-electron chi connectivity index (χ0n) is 18.4. The van der Waals surface area contributed by atoms with Crippen LogP contribution >= 0.6 is 11.3 Å². The molecular formula is C21H32N6O2S. The zero-order valence-corrected chi connectivity index (χ0v) is 19.3. The number of thiazole rings is 1. The Hall–Kier alpha value is -2.68. The number of hydrogen-bond acceptors (Lipinski definition) is 7. The smallest absolute Gasteiger partial charge is 0.191 e. The third-order valence-electron chi connectivity index (χ3n) is 5.12. The lowest BCUT2D eigenvalue weighted by atomic mass is 10.0. The van der Waals surface area contributed by atoms with Gasteiger partial charge in [0.2, 0.25) is 0 Å². The van der Waals surface area contributed by atoms with E-state index in [1.807, 2.05) is 25.1 Å². The number of aromatic nitrogens is 1. The normalized spacial score (nSPS) is 15.1. The van der Waals surface area contributed by atoms with E-state index in [0.29, 0.717) is 12.6 Å². The Morgan fingerprint density at radius 1 is 1.20 bits per heavy atom. The number of ether oxygens (including phenoxy) is 2. The van der Waals surface area contributed by atoms with Crippen molar-refractivity contribution in [3.8, 4) is 11.5 Å². The van der Waals surface area contributed by atoms with Crippen LogP contribution < -0.4 is 29.9 Å². The van der Waals surface area contributed by atoms with Crippen LogP contribution in [0.5, 0.6) is 11.5 Å². The highest BCUT2D eigenvalue weighted by atomic mass is 32.1. The monoisotopic (exact) mass is 432 g/mol. The average Bonchev–Trinajstić information content (AvgIpc) is 3.26. The van der Waals surface area contributed by atoms with Crippen LogP contribution in [0.1, 0.15) is 18.5 Å². The lowest BCUT2D eigenvalue weighted by molar-refractivity contribution is 0.393. The molecule has 1 aliphatic heterocycles. The fourth-order valence-corrected chi connectivity index (χ4v) is 4.16. The number of methoxy groups -OCH3 is 2. The molecule has 9 heteroatoms. The summed E-state index contributed by atoms with van der Waals surface area (Å²) in [6, 6.07) is 6.41. The van der Waals surface area contributed by atoms with Gasteiger partial charge in [-0.15, -0.1) is 11.3 Å². The highest BCUT2D eigenvalue weighted by molar-refractivity contribution is 7.13. The van der Waals surface area contributed by atoms with Crippen molar-refractivity contribution in [2.75, 3.05) is 58.3 Å². The van der Waals surface area contributed by atoms with E-state index in [9.17, 15) is 0 Å². The Morgan fingerprint density at radius 2 is 1.87 bits per heavy atom. The van der Waals surface area contributed by atoms with Crippen LogP contribution in [0.4, 0.5) is 10.8 Å². The van der Waals surface area contributed by atoms with E-state index in [4.69, 9.17) is 9.47 Å². The summed E-state index contributed by atoms with van der Waals surface area (Å²) in [7, 11) is 9.18. The molecule has 30 heavy (non-hydrogen) atoms. The van der Waals surface area contributed by atoms with Crippen LogP contribution in [0.3, 0.4) is 0 Å². The topological polar surface area (TPSA) is 74.3 Å². The molecule has 1 saturated heterocycles. The maximum atomic E-state index is 5.40. The first-order valence-corrected chi connectivity index (χ1v) is 11.0. The largest absolute Gasteiger partial charge is 0.497 e. The Bertz CT molecular complexity index is 824. The second-order valence-electron chi connectivity index (χ2n) is 7.42. The van der Waals surface area contributed by atoms with Crippen molar-refractivity contribution < 1.29 is 9.47 Å². The molecular weight excluding hydrogens is 400 g/mol. The lowest BCUT2D eigenvalue weighted by Gasteiger charge is -2.34. The van der Waals surface area contributed by atoms with Crippen molar-refractivity contribution in [2.45, 2.75) is 25.4 Å². The first-order chi connectivity index (χ1) is 14.5. The van der Waals surface area contributed by atoms with Gasteiger partial charge >= 0.3 is 0 Å². The Morgan fingerprint density at radius 3 is 2.40 bits per heavy atom. The van der Waals surface area contributed by atoms with Gasteiger partial charge in [-0.25, -0.2) is 4.98 Å². The van der Waals surface area contributed by atoms with Crippen LogP contribution in [0.2, 0.25) is 0 Å². The minimum absolute atomic E-state index is 0.382. The van der Waals surface area contributed by atoms with Crippen LogP contribution in [0, 0.1) is 0 Å². The predicted molar refractivity (Wildman–Crippen MR) is 125 cm³/mol. The van der Waals surface area contributed by atoms with E-state index < -0.39 is 0 Å². The molecule has 1 aromatic heterocycles. The number of piperidine rings is 1. The molecule has 2 N–H and O–H groups in total. The molecule has 0 unspecified atom stereocenters. The second-order valence-corrected chi connectivity index (χ2v) is 8.25. The van der Waals surface area contributed by atoms with E-state index >= 15 is 0 Å². The van der Waals surface area contributed by atoms with Crippen molar-refractivity contribution in [1.82, 2.24) is 15.6 Å². The second kappa shape index (κ2) is 10.4. The molecule has 0 radical (unpaired) electrons. The lowest BCUT2D eigenvalue weighted by Crippen LogP contribution is -2.48. The van der Waals surface area contributed by atoms with Gasteiger partial charge < -0.3 is 29.9 Å². The highest BCUT2D eigenvalue weighted by Gasteiger charge is 2.21. The van der Waals surface area contributed by atoms with Crippen LogP contribution in [0.25, 0.3) is 0 Å². The molecule has 2 aromatic rings. The van der Waals surface area contributed by atoms with Crippen molar-refractivity contribution >= 4 is 28.1 Å². The molecule has 1 fully saturated rings. The van der Waals surface area contributed by atoms with Gasteiger partial charge in [0, 0.05) is 69.5 Å². The van der Waals surface area contributed by atoms with Gasteiger partial charge in [0.25, 0.3) is 0 Å². The minimum atomic E-state index is 0.382. The highest BCUT2D eigenvalue weighted by Crippen LogP contribution is 2.30. The first kappa shape index (κ1) is 22.0. The maximum Gasteiger partial charge on any atom is 0.191 e. The van der Waals surface area contributed by atoms with E-state index in [2.05, 4.69) is 43.0 Å². The van der Waals surface area contributed by atoms with Crippen LogP contribution in [-0.4, -0.2) is 65.4 Å². The van der Waals surface area contributed by atoms with Gasteiger partial charge in [-0.05, 0) is 12.8 Å². The Labute approximate surface area is 182 Å². The zero-order chi connectivity index (χ0) is 21.5. The molecule has 0 bridgehead atoms. The molecule has 0 spiro atoms. The molecule has 0 saturated carbocycles. The van der Waals surface area contributed by atoms with Crippen molar-refractivity contribution in [2.24, 2.45) is 4.99 Å². The number of hydrogen-bond donors (Lipinski definition) is 2. The van der Waals surface area contributed by atoms with E-state index in [0.717, 1.165) is 59.9 Å². The van der Waals surface area contributed by atoms with E-state index in [1.54, 1.807) is 32.6 Å². The Balaban J connectivity index is 1.50. The summed E-state index contributed by atoms with van der Waals surface area (Å²) in [5, 5.41) is 10.0. The summed E-state index contributed by atoms with van der Waals surface area (Å²) < 4.78 is 10.8. The summed E-state index contributed by atoms with van der Waals surface area (Å²) in [5.41, 5.74) is 2.15.